The van der Waals surface area contributed by atoms with Crippen LogP contribution in [0.25, 0.3) is 0 Å². The molecule has 6 heteroatoms. The minimum atomic E-state index is -2.82. The van der Waals surface area contributed by atoms with Gasteiger partial charge in [0.25, 0.3) is 6.43 Å². The number of nitrogens with zero attached hydrogens (tertiary/aromatic N) is 2. The summed E-state index contributed by atoms with van der Waals surface area (Å²) in [6.07, 6.45) is -3.05. The van der Waals surface area contributed by atoms with Crippen LogP contribution in [0.15, 0.2) is 6.07 Å². The maximum atomic E-state index is 12.8. The summed E-state index contributed by atoms with van der Waals surface area (Å²) in [5, 5.41) is 8.42. The Morgan fingerprint density at radius 1 is 1.53 bits per heavy atom. The summed E-state index contributed by atoms with van der Waals surface area (Å²) in [6.45, 7) is -0.191. The van der Waals surface area contributed by atoms with E-state index < -0.39 is 17.9 Å². The second kappa shape index (κ2) is 4.75. The van der Waals surface area contributed by atoms with E-state index in [1.165, 1.54) is 0 Å². The molecule has 2 N–H and O–H groups in total. The minimum Gasteiger partial charge on any atom is -0.326 e. The maximum absolute atomic E-state index is 12.8. The highest BCUT2D eigenvalue weighted by molar-refractivity contribution is 5.32. The van der Waals surface area contributed by atoms with E-state index in [4.69, 9.17) is 11.0 Å². The van der Waals surface area contributed by atoms with E-state index in [2.05, 4.69) is 4.98 Å². The number of halogens is 3. The molecule has 0 saturated heterocycles. The third-order valence-electron chi connectivity index (χ3n) is 1.90. The molecule has 80 valence electrons. The largest absolute Gasteiger partial charge is 0.326 e. The van der Waals surface area contributed by atoms with E-state index in [-0.39, 0.29) is 24.2 Å². The van der Waals surface area contributed by atoms with Crippen molar-refractivity contribution in [2.45, 2.75) is 19.4 Å². The van der Waals surface area contributed by atoms with Crippen LogP contribution in [0.4, 0.5) is 13.2 Å². The summed E-state index contributed by atoms with van der Waals surface area (Å²) in [7, 11) is 0. The first kappa shape index (κ1) is 11.5. The van der Waals surface area contributed by atoms with Crippen molar-refractivity contribution in [3.8, 4) is 6.07 Å². The average molecular weight is 215 g/mol. The number of rotatable bonds is 3. The Bertz CT molecular complexity index is 398. The van der Waals surface area contributed by atoms with Crippen LogP contribution in [0.3, 0.4) is 0 Å². The topological polar surface area (TPSA) is 62.7 Å². The standard InChI is InChI=1S/C9H8F3N3/c10-8-3-5(9(11)12)6(4-14)7(15-8)1-2-13/h3,9H,1,4,14H2. The SMILES string of the molecule is N#CCc1nc(F)cc(C(F)F)c1CN. The summed E-state index contributed by atoms with van der Waals surface area (Å²) >= 11 is 0. The van der Waals surface area contributed by atoms with Crippen molar-refractivity contribution in [2.75, 3.05) is 0 Å². The maximum Gasteiger partial charge on any atom is 0.264 e. The zero-order valence-electron chi connectivity index (χ0n) is 7.67. The summed E-state index contributed by atoms with van der Waals surface area (Å²) in [5.41, 5.74) is 4.80. The van der Waals surface area contributed by atoms with Gasteiger partial charge < -0.3 is 5.73 Å². The number of nitrogens with two attached hydrogens (primary N) is 1. The summed E-state index contributed by atoms with van der Waals surface area (Å²) in [4.78, 5) is 3.37. The van der Waals surface area contributed by atoms with Gasteiger partial charge in [0, 0.05) is 18.2 Å². The van der Waals surface area contributed by atoms with Crippen LogP contribution in [-0.2, 0) is 13.0 Å². The Balaban J connectivity index is 3.33. The van der Waals surface area contributed by atoms with Gasteiger partial charge in [-0.05, 0) is 5.56 Å². The van der Waals surface area contributed by atoms with Gasteiger partial charge in [-0.1, -0.05) is 0 Å². The molecule has 0 unspecified atom stereocenters. The lowest BCUT2D eigenvalue weighted by molar-refractivity contribution is 0.149. The number of hydrogen-bond donors (Lipinski definition) is 1. The molecule has 1 rings (SSSR count). The van der Waals surface area contributed by atoms with Gasteiger partial charge in [0.05, 0.1) is 18.2 Å². The lowest BCUT2D eigenvalue weighted by Gasteiger charge is -2.10. The molecule has 1 aromatic heterocycles. The van der Waals surface area contributed by atoms with E-state index in [0.717, 1.165) is 0 Å². The zero-order valence-corrected chi connectivity index (χ0v) is 7.67. The van der Waals surface area contributed by atoms with Crippen LogP contribution < -0.4 is 5.73 Å². The van der Waals surface area contributed by atoms with Crippen molar-refractivity contribution >= 4 is 0 Å². The molecular formula is C9H8F3N3. The minimum absolute atomic E-state index is 0.0182. The Morgan fingerprint density at radius 3 is 2.67 bits per heavy atom. The van der Waals surface area contributed by atoms with Crippen molar-refractivity contribution in [3.05, 3.63) is 28.8 Å². The fourth-order valence-corrected chi connectivity index (χ4v) is 1.26. The Hall–Kier alpha value is -1.61. The summed E-state index contributed by atoms with van der Waals surface area (Å²) < 4.78 is 37.8. The van der Waals surface area contributed by atoms with E-state index >= 15 is 0 Å². The van der Waals surface area contributed by atoms with Crippen molar-refractivity contribution in [2.24, 2.45) is 5.73 Å². The smallest absolute Gasteiger partial charge is 0.264 e. The Morgan fingerprint density at radius 2 is 2.20 bits per heavy atom. The molecule has 0 amide bonds. The molecule has 15 heavy (non-hydrogen) atoms. The highest BCUT2D eigenvalue weighted by Crippen LogP contribution is 2.25. The molecule has 0 bridgehead atoms. The molecule has 0 atom stereocenters. The quantitative estimate of drug-likeness (QED) is 0.780. The second-order valence-electron chi connectivity index (χ2n) is 2.80. The highest BCUT2D eigenvalue weighted by atomic mass is 19.3. The van der Waals surface area contributed by atoms with Crippen molar-refractivity contribution in [3.63, 3.8) is 0 Å². The van der Waals surface area contributed by atoms with Gasteiger partial charge in [0.2, 0.25) is 5.95 Å². The molecule has 0 aromatic carbocycles. The fraction of sp³-hybridized carbons (Fsp3) is 0.333. The molecule has 3 nitrogen and oxygen atoms in total. The molecule has 1 heterocycles. The van der Waals surface area contributed by atoms with Crippen LogP contribution in [-0.4, -0.2) is 4.98 Å². The third-order valence-corrected chi connectivity index (χ3v) is 1.90. The number of nitriles is 1. The van der Waals surface area contributed by atoms with E-state index in [1.807, 2.05) is 0 Å². The first-order chi connectivity index (χ1) is 7.10. The van der Waals surface area contributed by atoms with Gasteiger partial charge in [-0.25, -0.2) is 13.8 Å². The first-order valence-electron chi connectivity index (χ1n) is 4.13. The van der Waals surface area contributed by atoms with Gasteiger partial charge in [0.15, 0.2) is 0 Å². The predicted octanol–water partition coefficient (Wildman–Crippen LogP) is 1.68. The van der Waals surface area contributed by atoms with Crippen LogP contribution in [0, 0.1) is 17.3 Å². The predicted molar refractivity (Wildman–Crippen MR) is 46.4 cm³/mol. The van der Waals surface area contributed by atoms with Crippen LogP contribution in [0.5, 0.6) is 0 Å². The molecule has 0 aliphatic rings. The lowest BCUT2D eigenvalue weighted by Crippen LogP contribution is -2.10. The van der Waals surface area contributed by atoms with Gasteiger partial charge in [-0.3, -0.25) is 0 Å². The van der Waals surface area contributed by atoms with Crippen LogP contribution in [0.1, 0.15) is 23.2 Å². The second-order valence-corrected chi connectivity index (χ2v) is 2.80. The average Bonchev–Trinajstić information content (AvgIpc) is 2.17. The lowest BCUT2D eigenvalue weighted by atomic mass is 10.1. The van der Waals surface area contributed by atoms with E-state index in [9.17, 15) is 13.2 Å². The van der Waals surface area contributed by atoms with Crippen molar-refractivity contribution in [1.82, 2.24) is 4.98 Å². The number of hydrogen-bond acceptors (Lipinski definition) is 3. The van der Waals surface area contributed by atoms with Gasteiger partial charge >= 0.3 is 0 Å². The van der Waals surface area contributed by atoms with Crippen molar-refractivity contribution in [1.29, 1.82) is 5.26 Å². The molecule has 1 aromatic rings. The van der Waals surface area contributed by atoms with E-state index in [1.54, 1.807) is 6.07 Å². The fourth-order valence-electron chi connectivity index (χ4n) is 1.26. The zero-order chi connectivity index (χ0) is 11.4. The van der Waals surface area contributed by atoms with Crippen molar-refractivity contribution < 1.29 is 13.2 Å². The molecule has 0 spiro atoms. The summed E-state index contributed by atoms with van der Waals surface area (Å²) in [6, 6.07) is 2.37. The van der Waals surface area contributed by atoms with Crippen LogP contribution >= 0.6 is 0 Å². The molecule has 0 saturated carbocycles. The third kappa shape index (κ3) is 2.44. The highest BCUT2D eigenvalue weighted by Gasteiger charge is 2.18. The molecule has 0 fully saturated rings. The van der Waals surface area contributed by atoms with Crippen LogP contribution in [0.2, 0.25) is 0 Å². The van der Waals surface area contributed by atoms with Gasteiger partial charge in [-0.15, -0.1) is 0 Å². The molecule has 0 radical (unpaired) electrons. The molecule has 0 aliphatic carbocycles. The monoisotopic (exact) mass is 215 g/mol. The summed E-state index contributed by atoms with van der Waals surface area (Å²) in [5.74, 6) is -1.02. The molecular weight excluding hydrogens is 207 g/mol. The molecule has 0 aliphatic heterocycles. The van der Waals surface area contributed by atoms with E-state index in [0.29, 0.717) is 6.07 Å². The Labute approximate surface area is 84.3 Å². The first-order valence-corrected chi connectivity index (χ1v) is 4.13. The van der Waals surface area contributed by atoms with Gasteiger partial charge in [0.1, 0.15) is 0 Å². The van der Waals surface area contributed by atoms with Gasteiger partial charge in [-0.2, -0.15) is 9.65 Å². The Kier molecular flexibility index (Phi) is 3.63. The number of alkyl halides is 2. The normalized spacial score (nSPS) is 10.4. The number of aromatic nitrogens is 1. The number of pyridine rings is 1.